The Balaban J connectivity index is 1.65. The lowest BCUT2D eigenvalue weighted by Gasteiger charge is -2.32. The van der Waals surface area contributed by atoms with Gasteiger partial charge in [-0.25, -0.2) is 0 Å². The topological polar surface area (TPSA) is 45.8 Å². The summed E-state index contributed by atoms with van der Waals surface area (Å²) in [5.41, 5.74) is 0.907. The minimum atomic E-state index is -0.189. The van der Waals surface area contributed by atoms with Crippen molar-refractivity contribution in [3.63, 3.8) is 0 Å². The molecule has 0 saturated carbocycles. The van der Waals surface area contributed by atoms with E-state index in [1.165, 1.54) is 0 Å². The third kappa shape index (κ3) is 3.22. The summed E-state index contributed by atoms with van der Waals surface area (Å²) in [5.74, 6) is 2.29. The van der Waals surface area contributed by atoms with E-state index in [-0.39, 0.29) is 6.10 Å². The quantitative estimate of drug-likeness (QED) is 0.939. The lowest BCUT2D eigenvalue weighted by atomic mass is 9.92. The van der Waals surface area contributed by atoms with Crippen molar-refractivity contribution in [2.45, 2.75) is 32.4 Å². The molecular weight excluding hydrogens is 266 g/mol. The number of furan rings is 1. The summed E-state index contributed by atoms with van der Waals surface area (Å²) in [6.45, 7) is 4.78. The molecule has 21 heavy (non-hydrogen) atoms. The van der Waals surface area contributed by atoms with Gasteiger partial charge in [0.2, 0.25) is 0 Å². The van der Waals surface area contributed by atoms with E-state index in [4.69, 9.17) is 9.15 Å². The second-order valence-corrected chi connectivity index (χ2v) is 5.97. The van der Waals surface area contributed by atoms with E-state index in [1.807, 2.05) is 25.1 Å². The minimum absolute atomic E-state index is 0.189. The van der Waals surface area contributed by atoms with Crippen LogP contribution in [-0.2, 0) is 6.54 Å². The van der Waals surface area contributed by atoms with Gasteiger partial charge in [0.1, 0.15) is 17.1 Å². The van der Waals surface area contributed by atoms with Crippen molar-refractivity contribution in [3.8, 4) is 5.75 Å². The molecule has 1 aromatic carbocycles. The zero-order valence-corrected chi connectivity index (χ0v) is 12.7. The van der Waals surface area contributed by atoms with Crippen molar-refractivity contribution in [3.05, 3.63) is 30.0 Å². The fourth-order valence-electron chi connectivity index (χ4n) is 3.10. The lowest BCUT2D eigenvalue weighted by molar-refractivity contribution is 0.0675. The predicted molar refractivity (Wildman–Crippen MR) is 82.4 cm³/mol. The highest BCUT2D eigenvalue weighted by Gasteiger charge is 2.23. The molecule has 0 spiro atoms. The van der Waals surface area contributed by atoms with E-state index in [1.54, 1.807) is 7.11 Å². The number of aliphatic hydroxyl groups excluding tert-OH is 1. The van der Waals surface area contributed by atoms with Crippen molar-refractivity contribution in [2.24, 2.45) is 5.92 Å². The lowest BCUT2D eigenvalue weighted by Crippen LogP contribution is -2.36. The van der Waals surface area contributed by atoms with Crippen LogP contribution in [0.5, 0.6) is 5.75 Å². The zero-order valence-electron chi connectivity index (χ0n) is 12.7. The molecule has 0 aliphatic carbocycles. The van der Waals surface area contributed by atoms with Crippen LogP contribution < -0.4 is 4.74 Å². The van der Waals surface area contributed by atoms with Gasteiger partial charge in [-0.1, -0.05) is 0 Å². The highest BCUT2D eigenvalue weighted by atomic mass is 16.5. The number of fused-ring (bicyclic) bond motifs is 1. The van der Waals surface area contributed by atoms with Gasteiger partial charge in [0, 0.05) is 5.39 Å². The van der Waals surface area contributed by atoms with Gasteiger partial charge in [0.05, 0.1) is 19.8 Å². The van der Waals surface area contributed by atoms with Gasteiger partial charge in [-0.2, -0.15) is 0 Å². The number of nitrogens with zero attached hydrogens (tertiary/aromatic N) is 1. The Bertz CT molecular complexity index is 597. The van der Waals surface area contributed by atoms with E-state index < -0.39 is 0 Å². The molecule has 1 aromatic heterocycles. The van der Waals surface area contributed by atoms with Gasteiger partial charge in [0.25, 0.3) is 0 Å². The van der Waals surface area contributed by atoms with Gasteiger partial charge in [-0.05, 0) is 63.0 Å². The molecule has 1 aliphatic heterocycles. The van der Waals surface area contributed by atoms with Gasteiger partial charge < -0.3 is 14.3 Å². The Labute approximate surface area is 125 Å². The number of ether oxygens (including phenoxy) is 1. The molecule has 0 bridgehead atoms. The summed E-state index contributed by atoms with van der Waals surface area (Å²) < 4.78 is 11.1. The van der Waals surface area contributed by atoms with Gasteiger partial charge >= 0.3 is 0 Å². The van der Waals surface area contributed by atoms with E-state index in [2.05, 4.69) is 11.0 Å². The standard InChI is InChI=1S/C17H23NO3/c1-12(19)13-5-7-18(8-6-13)11-16-10-14-9-15(20-2)3-4-17(14)21-16/h3-4,9-10,12-13,19H,5-8,11H2,1-2H3. The van der Waals surface area contributed by atoms with Crippen molar-refractivity contribution in [1.82, 2.24) is 4.90 Å². The molecule has 4 heteroatoms. The second kappa shape index (κ2) is 6.08. The van der Waals surface area contributed by atoms with Crippen LogP contribution in [0, 0.1) is 5.92 Å². The number of likely N-dealkylation sites (tertiary alicyclic amines) is 1. The minimum Gasteiger partial charge on any atom is -0.497 e. The molecule has 114 valence electrons. The Morgan fingerprint density at radius 2 is 2.10 bits per heavy atom. The Kier molecular flexibility index (Phi) is 4.17. The van der Waals surface area contributed by atoms with E-state index in [0.717, 1.165) is 55.0 Å². The van der Waals surface area contributed by atoms with Crippen molar-refractivity contribution in [1.29, 1.82) is 0 Å². The average molecular weight is 289 g/mol. The Morgan fingerprint density at radius 1 is 1.33 bits per heavy atom. The molecule has 1 fully saturated rings. The summed E-state index contributed by atoms with van der Waals surface area (Å²) in [5, 5.41) is 10.7. The number of benzene rings is 1. The predicted octanol–water partition coefficient (Wildman–Crippen LogP) is 3.03. The molecule has 1 unspecified atom stereocenters. The molecule has 3 rings (SSSR count). The third-order valence-electron chi connectivity index (χ3n) is 4.47. The molecule has 1 aliphatic rings. The number of hydrogen-bond acceptors (Lipinski definition) is 4. The summed E-state index contributed by atoms with van der Waals surface area (Å²) in [6.07, 6.45) is 1.93. The van der Waals surface area contributed by atoms with E-state index in [0.29, 0.717) is 5.92 Å². The molecule has 2 aromatic rings. The van der Waals surface area contributed by atoms with E-state index >= 15 is 0 Å². The number of aliphatic hydroxyl groups is 1. The normalized spacial score (nSPS) is 19.0. The maximum atomic E-state index is 9.65. The highest BCUT2D eigenvalue weighted by Crippen LogP contribution is 2.26. The first-order valence-electron chi connectivity index (χ1n) is 7.62. The van der Waals surface area contributed by atoms with Crippen LogP contribution in [0.4, 0.5) is 0 Å². The van der Waals surface area contributed by atoms with Crippen LogP contribution >= 0.6 is 0 Å². The van der Waals surface area contributed by atoms with Gasteiger partial charge in [0.15, 0.2) is 0 Å². The maximum absolute atomic E-state index is 9.65. The number of rotatable bonds is 4. The Hall–Kier alpha value is -1.52. The molecule has 0 amide bonds. The van der Waals surface area contributed by atoms with E-state index in [9.17, 15) is 5.11 Å². The average Bonchev–Trinajstić information content (AvgIpc) is 2.88. The Morgan fingerprint density at radius 3 is 2.76 bits per heavy atom. The number of hydrogen-bond donors (Lipinski definition) is 1. The molecule has 1 N–H and O–H groups in total. The summed E-state index contributed by atoms with van der Waals surface area (Å²) in [6, 6.07) is 7.97. The first kappa shape index (κ1) is 14.4. The maximum Gasteiger partial charge on any atom is 0.134 e. The second-order valence-electron chi connectivity index (χ2n) is 5.97. The molecule has 4 nitrogen and oxygen atoms in total. The fourth-order valence-corrected chi connectivity index (χ4v) is 3.10. The summed E-state index contributed by atoms with van der Waals surface area (Å²) >= 11 is 0. The first-order chi connectivity index (χ1) is 10.2. The molecular formula is C17H23NO3. The van der Waals surface area contributed by atoms with Crippen molar-refractivity contribution < 1.29 is 14.3 Å². The van der Waals surface area contributed by atoms with Crippen molar-refractivity contribution >= 4 is 11.0 Å². The molecule has 0 radical (unpaired) electrons. The van der Waals surface area contributed by atoms with Crippen LogP contribution in [0.1, 0.15) is 25.5 Å². The van der Waals surface area contributed by atoms with Crippen LogP contribution in [-0.4, -0.2) is 36.3 Å². The molecule has 1 saturated heterocycles. The fraction of sp³-hybridized carbons (Fsp3) is 0.529. The zero-order chi connectivity index (χ0) is 14.8. The SMILES string of the molecule is COc1ccc2oc(CN3CCC(C(C)O)CC3)cc2c1. The third-order valence-corrected chi connectivity index (χ3v) is 4.47. The van der Waals surface area contributed by atoms with Crippen LogP contribution in [0.3, 0.4) is 0 Å². The van der Waals surface area contributed by atoms with Crippen LogP contribution in [0.2, 0.25) is 0 Å². The van der Waals surface area contributed by atoms with Crippen LogP contribution in [0.15, 0.2) is 28.7 Å². The summed E-state index contributed by atoms with van der Waals surface area (Å²) in [4.78, 5) is 2.40. The summed E-state index contributed by atoms with van der Waals surface area (Å²) in [7, 11) is 1.68. The molecule has 2 heterocycles. The van der Waals surface area contributed by atoms with Crippen molar-refractivity contribution in [2.75, 3.05) is 20.2 Å². The first-order valence-corrected chi connectivity index (χ1v) is 7.62. The monoisotopic (exact) mass is 289 g/mol. The van der Waals surface area contributed by atoms with Gasteiger partial charge in [-0.15, -0.1) is 0 Å². The van der Waals surface area contributed by atoms with Crippen LogP contribution in [0.25, 0.3) is 11.0 Å². The largest absolute Gasteiger partial charge is 0.497 e. The molecule has 1 atom stereocenters. The smallest absolute Gasteiger partial charge is 0.134 e. The number of methoxy groups -OCH3 is 1. The highest BCUT2D eigenvalue weighted by molar-refractivity contribution is 5.79. The number of piperidine rings is 1. The van der Waals surface area contributed by atoms with Gasteiger partial charge in [-0.3, -0.25) is 4.90 Å².